The van der Waals surface area contributed by atoms with Crippen molar-refractivity contribution in [1.29, 1.82) is 0 Å². The van der Waals surface area contributed by atoms with E-state index < -0.39 is 5.82 Å². The van der Waals surface area contributed by atoms with Gasteiger partial charge >= 0.3 is 0 Å². The van der Waals surface area contributed by atoms with E-state index in [1.165, 1.54) is 18.2 Å². The van der Waals surface area contributed by atoms with Gasteiger partial charge in [0.05, 0.1) is 28.0 Å². The van der Waals surface area contributed by atoms with Gasteiger partial charge in [0.1, 0.15) is 5.82 Å². The van der Waals surface area contributed by atoms with Gasteiger partial charge < -0.3 is 9.42 Å². The number of benzene rings is 1. The molecular formula is C20H20ClFN4O2. The van der Waals surface area contributed by atoms with E-state index in [1.807, 2.05) is 26.2 Å². The van der Waals surface area contributed by atoms with Crippen molar-refractivity contribution in [3.63, 3.8) is 0 Å². The average molecular weight is 403 g/mol. The molecule has 146 valence electrons. The van der Waals surface area contributed by atoms with Gasteiger partial charge in [0.15, 0.2) is 5.76 Å². The second-order valence-corrected chi connectivity index (χ2v) is 7.48. The highest BCUT2D eigenvalue weighted by atomic mass is 35.5. The lowest BCUT2D eigenvalue weighted by atomic mass is 9.95. The highest BCUT2D eigenvalue weighted by Crippen LogP contribution is 2.37. The summed E-state index contributed by atoms with van der Waals surface area (Å²) in [6.07, 6.45) is 4.56. The van der Waals surface area contributed by atoms with Crippen LogP contribution in [0.5, 0.6) is 0 Å². The molecule has 1 aliphatic heterocycles. The molecule has 0 aliphatic carbocycles. The number of aromatic nitrogens is 3. The maximum atomic E-state index is 13.5. The molecule has 6 nitrogen and oxygen atoms in total. The Labute approximate surface area is 166 Å². The van der Waals surface area contributed by atoms with E-state index in [0.717, 1.165) is 36.2 Å². The minimum atomic E-state index is -0.541. The lowest BCUT2D eigenvalue weighted by Gasteiger charge is -2.35. The molecule has 0 saturated carbocycles. The molecule has 1 unspecified atom stereocenters. The zero-order chi connectivity index (χ0) is 19.8. The van der Waals surface area contributed by atoms with Gasteiger partial charge in [-0.25, -0.2) is 4.39 Å². The van der Waals surface area contributed by atoms with Gasteiger partial charge in [-0.1, -0.05) is 16.8 Å². The van der Waals surface area contributed by atoms with E-state index in [0.29, 0.717) is 17.9 Å². The van der Waals surface area contributed by atoms with Gasteiger partial charge in [0.25, 0.3) is 5.91 Å². The van der Waals surface area contributed by atoms with Gasteiger partial charge in [0, 0.05) is 31.4 Å². The molecule has 2 aromatic heterocycles. The van der Waals surface area contributed by atoms with E-state index in [2.05, 4.69) is 10.3 Å². The molecule has 0 radical (unpaired) electrons. The fourth-order valence-corrected chi connectivity index (χ4v) is 3.87. The number of hydrogen-bond acceptors (Lipinski definition) is 4. The number of aryl methyl sites for hydroxylation is 2. The molecule has 1 aliphatic rings. The third kappa shape index (κ3) is 3.42. The molecule has 28 heavy (non-hydrogen) atoms. The molecule has 8 heteroatoms. The summed E-state index contributed by atoms with van der Waals surface area (Å²) < 4.78 is 20.7. The Hall–Kier alpha value is -2.67. The molecule has 3 heterocycles. The standard InChI is InChI=1S/C20H20ClFN4O2/c1-12-9-18(28-24-12)14-11-25(2)23-19(14)17-5-3-4-8-26(17)20(27)13-6-7-16(22)15(21)10-13/h6-7,9-11,17H,3-5,8H2,1-2H3. The Morgan fingerprint density at radius 3 is 2.86 bits per heavy atom. The summed E-state index contributed by atoms with van der Waals surface area (Å²) in [6.45, 7) is 2.46. The van der Waals surface area contributed by atoms with Crippen LogP contribution in [-0.4, -0.2) is 32.3 Å². The van der Waals surface area contributed by atoms with Crippen molar-refractivity contribution in [2.24, 2.45) is 7.05 Å². The molecule has 1 saturated heterocycles. The lowest BCUT2D eigenvalue weighted by molar-refractivity contribution is 0.0605. The number of piperidine rings is 1. The first-order valence-corrected chi connectivity index (χ1v) is 9.55. The van der Waals surface area contributed by atoms with Crippen molar-refractivity contribution in [2.45, 2.75) is 32.2 Å². The van der Waals surface area contributed by atoms with Crippen molar-refractivity contribution in [3.05, 3.63) is 58.3 Å². The molecule has 1 amide bonds. The topological polar surface area (TPSA) is 64.2 Å². The van der Waals surface area contributed by atoms with Crippen LogP contribution < -0.4 is 0 Å². The summed E-state index contributed by atoms with van der Waals surface area (Å²) in [7, 11) is 1.84. The number of carbonyl (C=O) groups excluding carboxylic acids is 1. The first-order chi connectivity index (χ1) is 13.4. The molecule has 1 fully saturated rings. The van der Waals surface area contributed by atoms with Crippen LogP contribution in [0.1, 0.15) is 47.1 Å². The van der Waals surface area contributed by atoms with Gasteiger partial charge in [-0.3, -0.25) is 9.48 Å². The summed E-state index contributed by atoms with van der Waals surface area (Å²) >= 11 is 5.88. The van der Waals surface area contributed by atoms with Gasteiger partial charge in [-0.2, -0.15) is 5.10 Å². The normalized spacial score (nSPS) is 17.1. The minimum absolute atomic E-state index is 0.0601. The Morgan fingerprint density at radius 1 is 1.32 bits per heavy atom. The Balaban J connectivity index is 1.72. The van der Waals surface area contributed by atoms with E-state index in [9.17, 15) is 9.18 Å². The van der Waals surface area contributed by atoms with Crippen molar-refractivity contribution in [2.75, 3.05) is 6.54 Å². The second-order valence-electron chi connectivity index (χ2n) is 7.07. The zero-order valence-electron chi connectivity index (χ0n) is 15.7. The third-order valence-corrected chi connectivity index (χ3v) is 5.29. The summed E-state index contributed by atoms with van der Waals surface area (Å²) in [4.78, 5) is 15.0. The Kier molecular flexibility index (Phi) is 4.93. The number of halogens is 2. The zero-order valence-corrected chi connectivity index (χ0v) is 16.4. The molecule has 0 bridgehead atoms. The number of likely N-dealkylation sites (tertiary alicyclic amines) is 1. The fourth-order valence-electron chi connectivity index (χ4n) is 3.69. The SMILES string of the molecule is Cc1cc(-c2cn(C)nc2C2CCCCN2C(=O)c2ccc(F)c(Cl)c2)on1. The molecule has 1 aromatic carbocycles. The van der Waals surface area contributed by atoms with Crippen LogP contribution in [0.3, 0.4) is 0 Å². The summed E-state index contributed by atoms with van der Waals surface area (Å²) in [5, 5.41) is 8.53. The van der Waals surface area contributed by atoms with Crippen LogP contribution >= 0.6 is 11.6 Å². The summed E-state index contributed by atoms with van der Waals surface area (Å²) in [6, 6.07) is 5.72. The second kappa shape index (κ2) is 7.39. The molecule has 0 spiro atoms. The van der Waals surface area contributed by atoms with Crippen molar-refractivity contribution in [1.82, 2.24) is 19.8 Å². The number of carbonyl (C=O) groups is 1. The predicted octanol–water partition coefficient (Wildman–Crippen LogP) is 4.54. The monoisotopic (exact) mass is 402 g/mol. The van der Waals surface area contributed by atoms with Crippen LogP contribution in [0.15, 0.2) is 35.0 Å². The minimum Gasteiger partial charge on any atom is -0.356 e. The molecule has 3 aromatic rings. The highest BCUT2D eigenvalue weighted by Gasteiger charge is 2.33. The Bertz CT molecular complexity index is 1030. The van der Waals surface area contributed by atoms with Crippen LogP contribution in [0.25, 0.3) is 11.3 Å². The molecule has 0 N–H and O–H groups in total. The third-order valence-electron chi connectivity index (χ3n) is 5.00. The molecular weight excluding hydrogens is 383 g/mol. The fraction of sp³-hybridized carbons (Fsp3) is 0.350. The van der Waals surface area contributed by atoms with Crippen LogP contribution in [0.4, 0.5) is 4.39 Å². The predicted molar refractivity (Wildman–Crippen MR) is 102 cm³/mol. The molecule has 1 atom stereocenters. The van der Waals surface area contributed by atoms with Crippen LogP contribution in [0, 0.1) is 12.7 Å². The van der Waals surface area contributed by atoms with Crippen molar-refractivity contribution in [3.8, 4) is 11.3 Å². The number of amides is 1. The first-order valence-electron chi connectivity index (χ1n) is 9.17. The van der Waals surface area contributed by atoms with Gasteiger partial charge in [-0.15, -0.1) is 0 Å². The van der Waals surface area contributed by atoms with E-state index in [4.69, 9.17) is 16.1 Å². The van der Waals surface area contributed by atoms with Gasteiger partial charge in [0.2, 0.25) is 0 Å². The van der Waals surface area contributed by atoms with E-state index in [-0.39, 0.29) is 17.0 Å². The quantitative estimate of drug-likeness (QED) is 0.645. The van der Waals surface area contributed by atoms with E-state index >= 15 is 0 Å². The van der Waals surface area contributed by atoms with E-state index in [1.54, 1.807) is 9.58 Å². The van der Waals surface area contributed by atoms with Crippen LogP contribution in [-0.2, 0) is 7.05 Å². The summed E-state index contributed by atoms with van der Waals surface area (Å²) in [5.41, 5.74) is 2.75. The van der Waals surface area contributed by atoms with Gasteiger partial charge in [-0.05, 0) is 44.4 Å². The smallest absolute Gasteiger partial charge is 0.254 e. The number of nitrogens with zero attached hydrogens (tertiary/aromatic N) is 4. The number of hydrogen-bond donors (Lipinski definition) is 0. The van der Waals surface area contributed by atoms with Crippen LogP contribution in [0.2, 0.25) is 5.02 Å². The number of rotatable bonds is 3. The van der Waals surface area contributed by atoms with Crippen molar-refractivity contribution < 1.29 is 13.7 Å². The largest absolute Gasteiger partial charge is 0.356 e. The molecule has 4 rings (SSSR count). The lowest BCUT2D eigenvalue weighted by Crippen LogP contribution is -2.39. The average Bonchev–Trinajstić information content (AvgIpc) is 3.29. The summed E-state index contributed by atoms with van der Waals surface area (Å²) in [5.74, 6) is -0.0959. The van der Waals surface area contributed by atoms with Crippen molar-refractivity contribution >= 4 is 17.5 Å². The Morgan fingerprint density at radius 2 is 2.14 bits per heavy atom. The first kappa shape index (κ1) is 18.7. The highest BCUT2D eigenvalue weighted by molar-refractivity contribution is 6.31. The maximum absolute atomic E-state index is 13.5. The maximum Gasteiger partial charge on any atom is 0.254 e.